The lowest BCUT2D eigenvalue weighted by Gasteiger charge is -2.40. The third-order valence-electron chi connectivity index (χ3n) is 4.99. The average molecular weight is 362 g/mol. The van der Waals surface area contributed by atoms with Crippen molar-refractivity contribution in [3.8, 4) is 0 Å². The summed E-state index contributed by atoms with van der Waals surface area (Å²) in [5, 5.41) is 4.32. The minimum absolute atomic E-state index is 0.176. The normalized spacial score (nSPS) is 17.6. The van der Waals surface area contributed by atoms with E-state index >= 15 is 0 Å². The van der Waals surface area contributed by atoms with Gasteiger partial charge in [0.2, 0.25) is 0 Å². The molecule has 1 aromatic carbocycles. The molecule has 0 saturated carbocycles. The van der Waals surface area contributed by atoms with Crippen LogP contribution in [0.1, 0.15) is 31.7 Å². The molecule has 0 amide bonds. The van der Waals surface area contributed by atoms with Gasteiger partial charge in [-0.25, -0.2) is 4.39 Å². The van der Waals surface area contributed by atoms with Gasteiger partial charge in [-0.3, -0.25) is 0 Å². The summed E-state index contributed by atoms with van der Waals surface area (Å²) in [6, 6.07) is 9.89. The summed E-state index contributed by atoms with van der Waals surface area (Å²) in [6.45, 7) is 6.27. The summed E-state index contributed by atoms with van der Waals surface area (Å²) in [5.41, 5.74) is 8.32. The number of hydrogen-bond acceptors (Lipinski definition) is 4. The second kappa shape index (κ2) is 8.79. The molecule has 136 valence electrons. The van der Waals surface area contributed by atoms with E-state index in [1.54, 1.807) is 23.5 Å². The maximum absolute atomic E-state index is 13.3. The van der Waals surface area contributed by atoms with Crippen molar-refractivity contribution in [3.05, 3.63) is 52.5 Å². The lowest BCUT2D eigenvalue weighted by atomic mass is 10.0. The van der Waals surface area contributed by atoms with E-state index in [0.29, 0.717) is 6.04 Å². The van der Waals surface area contributed by atoms with Gasteiger partial charge < -0.3 is 15.5 Å². The van der Waals surface area contributed by atoms with Crippen LogP contribution in [0.25, 0.3) is 0 Å². The first kappa shape index (κ1) is 18.4. The topological polar surface area (TPSA) is 32.5 Å². The molecular weight excluding hydrogens is 333 g/mol. The molecule has 1 aliphatic heterocycles. The van der Waals surface area contributed by atoms with Gasteiger partial charge >= 0.3 is 0 Å². The largest absolute Gasteiger partial charge is 0.364 e. The molecule has 1 aromatic heterocycles. The second-order valence-electron chi connectivity index (χ2n) is 7.07. The Balaban J connectivity index is 1.66. The van der Waals surface area contributed by atoms with Crippen LogP contribution in [-0.2, 0) is 6.54 Å². The molecule has 5 heteroatoms. The Kier molecular flexibility index (Phi) is 6.45. The average Bonchev–Trinajstić information content (AvgIpc) is 3.13. The maximum Gasteiger partial charge on any atom is 0.123 e. The van der Waals surface area contributed by atoms with Crippen LogP contribution in [0.15, 0.2) is 41.1 Å². The number of benzene rings is 1. The Labute approximate surface area is 154 Å². The van der Waals surface area contributed by atoms with Crippen LogP contribution in [0.2, 0.25) is 0 Å². The second-order valence-corrected chi connectivity index (χ2v) is 7.85. The van der Waals surface area contributed by atoms with E-state index < -0.39 is 0 Å². The lowest BCUT2D eigenvalue weighted by Crippen LogP contribution is -2.45. The Hall–Kier alpha value is -1.43. The van der Waals surface area contributed by atoms with Crippen LogP contribution in [0, 0.1) is 5.82 Å². The fourth-order valence-corrected chi connectivity index (χ4v) is 4.14. The molecule has 0 spiro atoms. The van der Waals surface area contributed by atoms with Gasteiger partial charge in [0, 0.05) is 37.4 Å². The molecule has 3 rings (SSSR count). The van der Waals surface area contributed by atoms with E-state index in [9.17, 15) is 4.39 Å². The predicted molar refractivity (Wildman–Crippen MR) is 105 cm³/mol. The molecule has 1 atom stereocenters. The Morgan fingerprint density at radius 2 is 1.96 bits per heavy atom. The van der Waals surface area contributed by atoms with Gasteiger partial charge in [0.15, 0.2) is 0 Å². The molecule has 1 saturated heterocycles. The molecular formula is C20H28FN3S. The van der Waals surface area contributed by atoms with Gasteiger partial charge in [-0.15, -0.1) is 0 Å². The number of hydrogen-bond donors (Lipinski definition) is 1. The van der Waals surface area contributed by atoms with Crippen LogP contribution >= 0.6 is 11.3 Å². The zero-order valence-corrected chi connectivity index (χ0v) is 15.7. The molecule has 2 heterocycles. The monoisotopic (exact) mass is 361 g/mol. The number of likely N-dealkylation sites (tertiary alicyclic amines) is 1. The van der Waals surface area contributed by atoms with Crippen LogP contribution in [0.4, 0.5) is 10.1 Å². The van der Waals surface area contributed by atoms with Crippen molar-refractivity contribution in [2.24, 2.45) is 5.73 Å². The molecule has 1 aliphatic rings. The fraction of sp³-hybridized carbons (Fsp3) is 0.500. The van der Waals surface area contributed by atoms with Crippen LogP contribution < -0.4 is 10.6 Å². The summed E-state index contributed by atoms with van der Waals surface area (Å²) in [6.07, 6.45) is 3.34. The molecule has 0 unspecified atom stereocenters. The molecule has 0 radical (unpaired) electrons. The highest BCUT2D eigenvalue weighted by Gasteiger charge is 2.25. The fourth-order valence-electron chi connectivity index (χ4n) is 3.48. The van der Waals surface area contributed by atoms with Gasteiger partial charge in [-0.2, -0.15) is 11.3 Å². The molecule has 1 fully saturated rings. The van der Waals surface area contributed by atoms with E-state index in [4.69, 9.17) is 5.73 Å². The SMILES string of the molecule is C[C@@H](N)CCN1CCC(N(Cc2ccsc2)c2ccc(F)cc2)CC1. The number of rotatable bonds is 7. The number of halogens is 1. The maximum atomic E-state index is 13.3. The van der Waals surface area contributed by atoms with Gasteiger partial charge in [0.1, 0.15) is 5.82 Å². The van der Waals surface area contributed by atoms with E-state index in [2.05, 4.69) is 33.6 Å². The minimum atomic E-state index is -0.176. The van der Waals surface area contributed by atoms with Crippen LogP contribution in [0.3, 0.4) is 0 Å². The van der Waals surface area contributed by atoms with Crippen molar-refractivity contribution < 1.29 is 4.39 Å². The minimum Gasteiger partial charge on any atom is -0.364 e. The molecule has 3 nitrogen and oxygen atoms in total. The highest BCUT2D eigenvalue weighted by Crippen LogP contribution is 2.27. The van der Waals surface area contributed by atoms with Gasteiger partial charge in [-0.1, -0.05) is 0 Å². The quantitative estimate of drug-likeness (QED) is 0.806. The Morgan fingerprint density at radius 3 is 2.56 bits per heavy atom. The lowest BCUT2D eigenvalue weighted by molar-refractivity contribution is 0.203. The number of thiophene rings is 1. The summed E-state index contributed by atoms with van der Waals surface area (Å²) in [5.74, 6) is -0.176. The molecule has 25 heavy (non-hydrogen) atoms. The first-order chi connectivity index (χ1) is 12.1. The zero-order valence-electron chi connectivity index (χ0n) is 14.9. The molecule has 2 N–H and O–H groups in total. The first-order valence-electron chi connectivity index (χ1n) is 9.13. The summed E-state index contributed by atoms with van der Waals surface area (Å²) in [7, 11) is 0. The molecule has 2 aromatic rings. The standard InChI is InChI=1S/C20H28FN3S/c1-16(22)6-10-23-11-7-20(8-12-23)24(14-17-9-13-25-15-17)19-4-2-18(21)3-5-19/h2-5,9,13,15-16,20H,6-8,10-12,14,22H2,1H3/t16-/m1/s1. The van der Waals surface area contributed by atoms with Gasteiger partial charge in [0.05, 0.1) is 0 Å². The van der Waals surface area contributed by atoms with Crippen LogP contribution in [0.5, 0.6) is 0 Å². The van der Waals surface area contributed by atoms with E-state index in [1.807, 2.05) is 12.1 Å². The Morgan fingerprint density at radius 1 is 1.24 bits per heavy atom. The van der Waals surface area contributed by atoms with Crippen molar-refractivity contribution in [2.75, 3.05) is 24.5 Å². The Bertz CT molecular complexity index is 619. The van der Waals surface area contributed by atoms with E-state index in [0.717, 1.165) is 51.1 Å². The highest BCUT2D eigenvalue weighted by atomic mass is 32.1. The summed E-state index contributed by atoms with van der Waals surface area (Å²) < 4.78 is 13.3. The van der Waals surface area contributed by atoms with Gasteiger partial charge in [-0.05, 0) is 79.4 Å². The van der Waals surface area contributed by atoms with E-state index in [1.165, 1.54) is 5.56 Å². The predicted octanol–water partition coefficient (Wildman–Crippen LogP) is 4.10. The van der Waals surface area contributed by atoms with Crippen molar-refractivity contribution in [3.63, 3.8) is 0 Å². The van der Waals surface area contributed by atoms with Crippen molar-refractivity contribution >= 4 is 17.0 Å². The number of anilines is 1. The van der Waals surface area contributed by atoms with Crippen molar-refractivity contribution in [2.45, 2.75) is 44.8 Å². The number of nitrogens with zero attached hydrogens (tertiary/aromatic N) is 2. The summed E-state index contributed by atoms with van der Waals surface area (Å²) >= 11 is 1.73. The number of nitrogens with two attached hydrogens (primary N) is 1. The van der Waals surface area contributed by atoms with Gasteiger partial charge in [0.25, 0.3) is 0 Å². The van der Waals surface area contributed by atoms with E-state index in [-0.39, 0.29) is 11.9 Å². The van der Waals surface area contributed by atoms with Crippen molar-refractivity contribution in [1.29, 1.82) is 0 Å². The molecule has 0 bridgehead atoms. The highest BCUT2D eigenvalue weighted by molar-refractivity contribution is 7.07. The number of piperidine rings is 1. The summed E-state index contributed by atoms with van der Waals surface area (Å²) in [4.78, 5) is 4.97. The smallest absolute Gasteiger partial charge is 0.123 e. The third-order valence-corrected chi connectivity index (χ3v) is 5.72. The van der Waals surface area contributed by atoms with Crippen molar-refractivity contribution in [1.82, 2.24) is 4.90 Å². The third kappa shape index (κ3) is 5.27. The first-order valence-corrected chi connectivity index (χ1v) is 10.1. The van der Waals surface area contributed by atoms with Crippen LogP contribution in [-0.4, -0.2) is 36.6 Å². The molecule has 0 aliphatic carbocycles. The zero-order chi connectivity index (χ0) is 17.6.